The summed E-state index contributed by atoms with van der Waals surface area (Å²) in [7, 11) is -10.2. The zero-order valence-corrected chi connectivity index (χ0v) is 20.0. The standard InChI is InChI=1S/C20H14O11P2.2H3N/c21-19-13-3-1-2-4-14(13)20(29-19)15-7-5-11(30-32(22,23)24)9-17(15)28-18-10-12(6-8-16(18)20)31-33(25,26)27;;/h1-10H,(H2,22,23,24)(H2,25,26,27);2*1H3. The number of rotatable bonds is 4. The molecule has 2 heterocycles. The van der Waals surface area contributed by atoms with Crippen LogP contribution < -0.4 is 35.9 Å². The van der Waals surface area contributed by atoms with Crippen LogP contribution in [0.1, 0.15) is 27.0 Å². The van der Waals surface area contributed by atoms with Crippen molar-refractivity contribution in [2.45, 2.75) is 5.60 Å². The second kappa shape index (κ2) is 8.76. The molecule has 0 bridgehead atoms. The Kier molecular flexibility index (Phi) is 6.59. The number of phosphoric ester groups is 2. The number of carbonyl (C=O) groups is 1. The molecular formula is C20H20N2O11P2. The molecule has 13 nitrogen and oxygen atoms in total. The number of benzene rings is 3. The average molecular weight is 526 g/mol. The molecule has 2 aliphatic rings. The molecule has 5 rings (SSSR count). The van der Waals surface area contributed by atoms with Crippen molar-refractivity contribution in [3.05, 3.63) is 82.9 Å². The largest absolute Gasteiger partial charge is 0.780 e. The average Bonchev–Trinajstić information content (AvgIpc) is 2.99. The molecule has 0 radical (unpaired) electrons. The van der Waals surface area contributed by atoms with Crippen LogP contribution in [0.15, 0.2) is 60.7 Å². The van der Waals surface area contributed by atoms with Crippen molar-refractivity contribution in [3.8, 4) is 23.0 Å². The molecular weight excluding hydrogens is 506 g/mol. The second-order valence-electron chi connectivity index (χ2n) is 7.15. The molecule has 0 amide bonds. The quantitative estimate of drug-likeness (QED) is 0.284. The van der Waals surface area contributed by atoms with E-state index >= 15 is 0 Å². The van der Waals surface area contributed by atoms with Crippen LogP contribution in [-0.2, 0) is 19.5 Å². The number of quaternary nitrogens is 2. The lowest BCUT2D eigenvalue weighted by Crippen LogP contribution is -2.33. The van der Waals surface area contributed by atoms with Gasteiger partial charge in [-0.3, -0.25) is 9.79 Å². The minimum absolute atomic E-state index is 0. The summed E-state index contributed by atoms with van der Waals surface area (Å²) in [5.41, 5.74) is -0.115. The Morgan fingerprint density at radius 1 is 0.800 bits per heavy atom. The molecule has 15 heteroatoms. The van der Waals surface area contributed by atoms with E-state index in [2.05, 4.69) is 9.05 Å². The normalized spacial score (nSPS) is 17.5. The van der Waals surface area contributed by atoms with Crippen LogP contribution in [0.3, 0.4) is 0 Å². The molecule has 0 aliphatic carbocycles. The van der Waals surface area contributed by atoms with Gasteiger partial charge >= 0.3 is 13.8 Å². The van der Waals surface area contributed by atoms with Crippen molar-refractivity contribution < 1.29 is 52.0 Å². The molecule has 0 saturated heterocycles. The van der Waals surface area contributed by atoms with Crippen molar-refractivity contribution in [2.24, 2.45) is 0 Å². The monoisotopic (exact) mass is 526 g/mol. The number of fused-ring (bicyclic) bond motifs is 6. The molecule has 186 valence electrons. The third kappa shape index (κ3) is 4.55. The Morgan fingerprint density at radius 2 is 1.34 bits per heavy atom. The van der Waals surface area contributed by atoms with Gasteiger partial charge in [0.2, 0.25) is 0 Å². The molecule has 0 saturated carbocycles. The van der Waals surface area contributed by atoms with Gasteiger partial charge in [0, 0.05) is 28.8 Å². The highest BCUT2D eigenvalue weighted by Crippen LogP contribution is 2.57. The van der Waals surface area contributed by atoms with Crippen molar-refractivity contribution in [1.29, 1.82) is 0 Å². The van der Waals surface area contributed by atoms with E-state index in [4.69, 9.17) is 19.3 Å². The van der Waals surface area contributed by atoms with E-state index in [0.29, 0.717) is 16.7 Å². The summed E-state index contributed by atoms with van der Waals surface area (Å²) in [4.78, 5) is 53.1. The number of carbonyl (C=O) groups excluding carboxylic acids is 1. The molecule has 35 heavy (non-hydrogen) atoms. The van der Waals surface area contributed by atoms with Crippen LogP contribution in [0.5, 0.6) is 23.0 Å². The van der Waals surface area contributed by atoms with Gasteiger partial charge in [-0.25, -0.2) is 9.36 Å². The number of phosphoric acid groups is 2. The number of esters is 1. The third-order valence-electron chi connectivity index (χ3n) is 5.10. The fraction of sp³-hybridized carbons (Fsp3) is 0.0500. The van der Waals surface area contributed by atoms with Gasteiger partial charge in [0.05, 0.1) is 5.56 Å². The zero-order valence-electron chi connectivity index (χ0n) is 18.2. The van der Waals surface area contributed by atoms with Crippen LogP contribution in [0, 0.1) is 0 Å². The highest BCUT2D eigenvalue weighted by atomic mass is 31.2. The first-order valence-electron chi connectivity index (χ1n) is 9.23. The molecule has 2 aliphatic heterocycles. The van der Waals surface area contributed by atoms with E-state index in [0.717, 1.165) is 6.07 Å². The smallest absolute Gasteiger partial charge is 0.524 e. The van der Waals surface area contributed by atoms with E-state index in [9.17, 15) is 23.7 Å². The van der Waals surface area contributed by atoms with Crippen molar-refractivity contribution in [1.82, 2.24) is 12.3 Å². The maximum atomic E-state index is 12.7. The summed E-state index contributed by atoms with van der Waals surface area (Å²) < 4.78 is 43.0. The SMILES string of the molecule is O=C1OC2(c3ccc(OP(=O)([O-])[O-])cc3Oc3cc(OP(=O)(O)O)ccc32)c2ccccc21.[NH4+].[NH4+]. The highest BCUT2D eigenvalue weighted by molar-refractivity contribution is 7.46. The molecule has 3 aromatic rings. The summed E-state index contributed by atoms with van der Waals surface area (Å²) in [6, 6.07) is 14.3. The Labute approximate surface area is 197 Å². The lowest BCUT2D eigenvalue weighted by atomic mass is 9.77. The number of hydrogen-bond acceptors (Lipinski definition) is 9. The van der Waals surface area contributed by atoms with Crippen molar-refractivity contribution in [3.63, 3.8) is 0 Å². The third-order valence-corrected chi connectivity index (χ3v) is 5.98. The van der Waals surface area contributed by atoms with Gasteiger partial charge in [-0.2, -0.15) is 0 Å². The molecule has 0 aromatic heterocycles. The highest BCUT2D eigenvalue weighted by Gasteiger charge is 2.53. The van der Waals surface area contributed by atoms with Crippen LogP contribution >= 0.6 is 15.6 Å². The van der Waals surface area contributed by atoms with Gasteiger partial charge < -0.3 is 45.2 Å². The van der Waals surface area contributed by atoms with Crippen LogP contribution in [0.2, 0.25) is 0 Å². The maximum absolute atomic E-state index is 12.7. The molecule has 3 aromatic carbocycles. The molecule has 1 unspecified atom stereocenters. The fourth-order valence-corrected chi connectivity index (χ4v) is 4.78. The lowest BCUT2D eigenvalue weighted by Gasteiger charge is -2.37. The lowest BCUT2D eigenvalue weighted by molar-refractivity contribution is -0.333. The first-order valence-corrected chi connectivity index (χ1v) is 12.2. The van der Waals surface area contributed by atoms with Gasteiger partial charge in [-0.05, 0) is 30.3 Å². The van der Waals surface area contributed by atoms with Crippen LogP contribution in [-0.4, -0.2) is 15.8 Å². The molecule has 1 atom stereocenters. The maximum Gasteiger partial charge on any atom is 0.524 e. The van der Waals surface area contributed by atoms with Gasteiger partial charge in [-0.1, -0.05) is 18.2 Å². The molecule has 1 spiro atoms. The predicted octanol–water partition coefficient (Wildman–Crippen LogP) is 2.69. The zero-order chi connectivity index (χ0) is 23.6. The van der Waals surface area contributed by atoms with Crippen LogP contribution in [0.4, 0.5) is 0 Å². The van der Waals surface area contributed by atoms with Crippen molar-refractivity contribution in [2.75, 3.05) is 0 Å². The van der Waals surface area contributed by atoms with Gasteiger partial charge in [-0.15, -0.1) is 0 Å². The Hall–Kier alpha value is -3.25. The predicted molar refractivity (Wildman–Crippen MR) is 118 cm³/mol. The summed E-state index contributed by atoms with van der Waals surface area (Å²) in [6.07, 6.45) is 0. The Morgan fingerprint density at radius 3 is 1.89 bits per heavy atom. The van der Waals surface area contributed by atoms with Crippen LogP contribution in [0.25, 0.3) is 0 Å². The summed E-state index contributed by atoms with van der Waals surface area (Å²) in [5.74, 6) is -1.17. The van der Waals surface area contributed by atoms with Gasteiger partial charge in [0.1, 0.15) is 30.8 Å². The van der Waals surface area contributed by atoms with Gasteiger partial charge in [0.15, 0.2) is 5.60 Å². The topological polar surface area (TPSA) is 248 Å². The van der Waals surface area contributed by atoms with E-state index in [1.54, 1.807) is 24.3 Å². The van der Waals surface area contributed by atoms with E-state index in [1.807, 2.05) is 0 Å². The van der Waals surface area contributed by atoms with Crippen molar-refractivity contribution >= 4 is 21.6 Å². The van der Waals surface area contributed by atoms with E-state index in [-0.39, 0.29) is 40.9 Å². The molecule has 10 N–H and O–H groups in total. The summed E-state index contributed by atoms with van der Waals surface area (Å²) in [6.45, 7) is 0. The minimum Gasteiger partial charge on any atom is -0.780 e. The van der Waals surface area contributed by atoms with E-state index < -0.39 is 27.2 Å². The Bertz CT molecular complexity index is 1340. The summed E-state index contributed by atoms with van der Waals surface area (Å²) in [5, 5.41) is 0. The number of ether oxygens (including phenoxy) is 2. The second-order valence-corrected chi connectivity index (χ2v) is 9.40. The molecule has 0 fully saturated rings. The minimum atomic E-state index is -5.37. The Balaban J connectivity index is 0.00000171. The number of hydrogen-bond donors (Lipinski definition) is 4. The fourth-order valence-electron chi connectivity index (χ4n) is 4.02. The first kappa shape index (κ1) is 26.4. The summed E-state index contributed by atoms with van der Waals surface area (Å²) >= 11 is 0. The van der Waals surface area contributed by atoms with E-state index in [1.165, 1.54) is 30.3 Å². The van der Waals surface area contributed by atoms with Gasteiger partial charge in [0.25, 0.3) is 0 Å². The first-order chi connectivity index (χ1) is 15.5.